The minimum atomic E-state index is 0. The highest BCUT2D eigenvalue weighted by atomic mass is 127. The van der Waals surface area contributed by atoms with E-state index in [1.807, 2.05) is 25.1 Å². The summed E-state index contributed by atoms with van der Waals surface area (Å²) in [5.74, 6) is 3.40. The second kappa shape index (κ2) is 11.7. The van der Waals surface area contributed by atoms with Crippen molar-refractivity contribution in [3.63, 3.8) is 0 Å². The Morgan fingerprint density at radius 2 is 2.17 bits per heavy atom. The van der Waals surface area contributed by atoms with Crippen molar-refractivity contribution in [2.45, 2.75) is 26.3 Å². The molecule has 2 fully saturated rings. The van der Waals surface area contributed by atoms with Crippen molar-refractivity contribution in [2.75, 3.05) is 52.5 Å². The maximum atomic E-state index is 5.50. The van der Waals surface area contributed by atoms with Gasteiger partial charge in [0.05, 0.1) is 18.6 Å². The van der Waals surface area contributed by atoms with Crippen molar-refractivity contribution >= 4 is 29.9 Å². The van der Waals surface area contributed by atoms with Crippen molar-refractivity contribution in [3.8, 4) is 0 Å². The molecule has 1 unspecified atom stereocenters. The van der Waals surface area contributed by atoms with E-state index in [-0.39, 0.29) is 24.0 Å². The van der Waals surface area contributed by atoms with Crippen molar-refractivity contribution < 1.29 is 13.7 Å². The zero-order valence-electron chi connectivity index (χ0n) is 17.6. The van der Waals surface area contributed by atoms with Gasteiger partial charge in [0.25, 0.3) is 0 Å². The van der Waals surface area contributed by atoms with E-state index in [9.17, 15) is 0 Å². The van der Waals surface area contributed by atoms with Gasteiger partial charge in [0.1, 0.15) is 11.5 Å². The molecule has 4 rings (SSSR count). The van der Waals surface area contributed by atoms with Crippen LogP contribution in [0.25, 0.3) is 0 Å². The summed E-state index contributed by atoms with van der Waals surface area (Å²) in [4.78, 5) is 9.71. The Morgan fingerprint density at radius 3 is 2.83 bits per heavy atom. The second-order valence-corrected chi connectivity index (χ2v) is 7.84. The van der Waals surface area contributed by atoms with Crippen LogP contribution in [-0.4, -0.2) is 73.4 Å². The third-order valence-corrected chi connectivity index (χ3v) is 5.49. The SMILES string of the molecule is Cc1cc(CN2CCN(C(=NCC3CCOC3)NCCc3ccco3)CC2)no1.I. The molecule has 166 valence electrons. The zero-order chi connectivity index (χ0) is 19.9. The maximum Gasteiger partial charge on any atom is 0.194 e. The summed E-state index contributed by atoms with van der Waals surface area (Å²) < 4.78 is 16.1. The van der Waals surface area contributed by atoms with Gasteiger partial charge < -0.3 is 23.9 Å². The van der Waals surface area contributed by atoms with E-state index in [1.54, 1.807) is 6.26 Å². The Bertz CT molecular complexity index is 765. The number of nitrogens with zero attached hydrogens (tertiary/aromatic N) is 4. The first-order chi connectivity index (χ1) is 14.3. The summed E-state index contributed by atoms with van der Waals surface area (Å²) in [7, 11) is 0. The predicted molar refractivity (Wildman–Crippen MR) is 125 cm³/mol. The molecule has 0 saturated carbocycles. The highest BCUT2D eigenvalue weighted by molar-refractivity contribution is 14.0. The normalized spacial score (nSPS) is 20.4. The number of guanidine groups is 1. The lowest BCUT2D eigenvalue weighted by molar-refractivity contribution is 0.168. The number of aryl methyl sites for hydroxylation is 1. The van der Waals surface area contributed by atoms with E-state index in [2.05, 4.69) is 20.3 Å². The van der Waals surface area contributed by atoms with Gasteiger partial charge in [-0.15, -0.1) is 24.0 Å². The molecule has 1 N–H and O–H groups in total. The van der Waals surface area contributed by atoms with Gasteiger partial charge in [-0.05, 0) is 25.5 Å². The smallest absolute Gasteiger partial charge is 0.194 e. The van der Waals surface area contributed by atoms with Gasteiger partial charge in [-0.1, -0.05) is 5.16 Å². The number of halogens is 1. The van der Waals surface area contributed by atoms with Crippen LogP contribution in [0.15, 0.2) is 38.4 Å². The molecule has 0 aliphatic carbocycles. The standard InChI is InChI=1S/C21H31N5O3.HI/c1-17-13-19(24-29-17)15-25-7-9-26(10-8-25)21(23-14-18-5-12-27-16-18)22-6-4-20-3-2-11-28-20;/h2-3,11,13,18H,4-10,12,14-16H2,1H3,(H,22,23);1H. The summed E-state index contributed by atoms with van der Waals surface area (Å²) in [6.45, 7) is 9.96. The lowest BCUT2D eigenvalue weighted by Crippen LogP contribution is -2.52. The summed E-state index contributed by atoms with van der Waals surface area (Å²) >= 11 is 0. The molecule has 30 heavy (non-hydrogen) atoms. The summed E-state index contributed by atoms with van der Waals surface area (Å²) in [6.07, 6.45) is 3.68. The molecule has 0 amide bonds. The number of aliphatic imine (C=N–C) groups is 1. The van der Waals surface area contributed by atoms with Crippen LogP contribution in [0.4, 0.5) is 0 Å². The van der Waals surface area contributed by atoms with Crippen LogP contribution in [-0.2, 0) is 17.7 Å². The molecule has 0 aromatic carbocycles. The molecule has 1 atom stereocenters. The Morgan fingerprint density at radius 1 is 1.30 bits per heavy atom. The molecule has 4 heterocycles. The lowest BCUT2D eigenvalue weighted by atomic mass is 10.1. The number of hydrogen-bond acceptors (Lipinski definition) is 6. The van der Waals surface area contributed by atoms with Gasteiger partial charge in [0.15, 0.2) is 5.96 Å². The molecule has 2 aromatic rings. The van der Waals surface area contributed by atoms with Crippen LogP contribution in [0.1, 0.15) is 23.6 Å². The van der Waals surface area contributed by atoms with E-state index >= 15 is 0 Å². The Balaban J connectivity index is 0.00000256. The largest absolute Gasteiger partial charge is 0.469 e. The van der Waals surface area contributed by atoms with Crippen molar-refractivity contribution in [3.05, 3.63) is 41.7 Å². The Hall–Kier alpha value is -1.59. The number of aromatic nitrogens is 1. The summed E-state index contributed by atoms with van der Waals surface area (Å²) in [5.41, 5.74) is 1.00. The van der Waals surface area contributed by atoms with Crippen LogP contribution in [0, 0.1) is 12.8 Å². The molecule has 8 nitrogen and oxygen atoms in total. The van der Waals surface area contributed by atoms with Gasteiger partial charge in [-0.2, -0.15) is 0 Å². The first-order valence-electron chi connectivity index (χ1n) is 10.5. The fourth-order valence-corrected chi connectivity index (χ4v) is 3.80. The van der Waals surface area contributed by atoms with E-state index < -0.39 is 0 Å². The van der Waals surface area contributed by atoms with Gasteiger partial charge in [0.2, 0.25) is 0 Å². The van der Waals surface area contributed by atoms with Gasteiger partial charge in [0, 0.05) is 70.8 Å². The Labute approximate surface area is 195 Å². The number of nitrogens with one attached hydrogen (secondary N) is 1. The molecule has 2 aliphatic heterocycles. The van der Waals surface area contributed by atoms with Gasteiger partial charge >= 0.3 is 0 Å². The van der Waals surface area contributed by atoms with Crippen LogP contribution in [0.5, 0.6) is 0 Å². The summed E-state index contributed by atoms with van der Waals surface area (Å²) in [5, 5.41) is 7.66. The van der Waals surface area contributed by atoms with E-state index in [1.165, 1.54) is 0 Å². The summed E-state index contributed by atoms with van der Waals surface area (Å²) in [6, 6.07) is 5.96. The predicted octanol–water partition coefficient (Wildman–Crippen LogP) is 2.54. The van der Waals surface area contributed by atoms with Crippen molar-refractivity contribution in [1.82, 2.24) is 20.3 Å². The molecule has 2 aromatic heterocycles. The topological polar surface area (TPSA) is 79.3 Å². The average Bonchev–Trinajstić information content (AvgIpc) is 3.49. The highest BCUT2D eigenvalue weighted by Crippen LogP contribution is 2.13. The Kier molecular flexibility index (Phi) is 9.01. The second-order valence-electron chi connectivity index (χ2n) is 7.84. The lowest BCUT2D eigenvalue weighted by Gasteiger charge is -2.36. The molecule has 0 radical (unpaired) electrons. The fourth-order valence-electron chi connectivity index (χ4n) is 3.80. The molecule has 0 bridgehead atoms. The molecule has 2 saturated heterocycles. The van der Waals surface area contributed by atoms with Gasteiger partial charge in [-0.3, -0.25) is 9.89 Å². The van der Waals surface area contributed by atoms with E-state index in [4.69, 9.17) is 18.7 Å². The highest BCUT2D eigenvalue weighted by Gasteiger charge is 2.22. The van der Waals surface area contributed by atoms with Crippen molar-refractivity contribution in [2.24, 2.45) is 10.9 Å². The minimum Gasteiger partial charge on any atom is -0.469 e. The monoisotopic (exact) mass is 529 g/mol. The molecular formula is C21H32IN5O3. The van der Waals surface area contributed by atoms with Crippen LogP contribution < -0.4 is 5.32 Å². The molecular weight excluding hydrogens is 497 g/mol. The number of furan rings is 1. The number of ether oxygens (including phenoxy) is 1. The van der Waals surface area contributed by atoms with Crippen LogP contribution in [0.2, 0.25) is 0 Å². The van der Waals surface area contributed by atoms with Crippen LogP contribution in [0.3, 0.4) is 0 Å². The van der Waals surface area contributed by atoms with Gasteiger partial charge in [-0.25, -0.2) is 0 Å². The van der Waals surface area contributed by atoms with Crippen molar-refractivity contribution in [1.29, 1.82) is 0 Å². The first kappa shape index (κ1) is 23.1. The fraction of sp³-hybridized carbons (Fsp3) is 0.619. The first-order valence-corrected chi connectivity index (χ1v) is 10.5. The molecule has 9 heteroatoms. The third-order valence-electron chi connectivity index (χ3n) is 5.49. The molecule has 2 aliphatic rings. The van der Waals surface area contributed by atoms with Crippen LogP contribution >= 0.6 is 24.0 Å². The molecule has 0 spiro atoms. The quantitative estimate of drug-likeness (QED) is 0.336. The maximum absolute atomic E-state index is 5.50. The minimum absolute atomic E-state index is 0. The number of piperazine rings is 1. The number of hydrogen-bond donors (Lipinski definition) is 1. The zero-order valence-corrected chi connectivity index (χ0v) is 19.9. The van der Waals surface area contributed by atoms with E-state index in [0.717, 1.165) is 95.0 Å². The third kappa shape index (κ3) is 6.71. The average molecular weight is 529 g/mol. The number of rotatable bonds is 7. The van der Waals surface area contributed by atoms with E-state index in [0.29, 0.717) is 5.92 Å².